The number of hydrogen-bond acceptors (Lipinski definition) is 4. The highest BCUT2D eigenvalue weighted by Crippen LogP contribution is 2.17. The molecule has 0 bridgehead atoms. The quantitative estimate of drug-likeness (QED) is 0.903. The van der Waals surface area contributed by atoms with Crippen LogP contribution in [-0.4, -0.2) is 65.2 Å². The summed E-state index contributed by atoms with van der Waals surface area (Å²) in [4.78, 5) is 20.9. The second-order valence-corrected chi connectivity index (χ2v) is 6.16. The third-order valence-corrected chi connectivity index (χ3v) is 4.56. The highest BCUT2D eigenvalue weighted by molar-refractivity contribution is 5.89. The number of rotatable bonds is 5. The summed E-state index contributed by atoms with van der Waals surface area (Å²) >= 11 is 0. The fourth-order valence-electron chi connectivity index (χ4n) is 2.97. The van der Waals surface area contributed by atoms with E-state index in [1.54, 1.807) is 7.11 Å². The first-order valence-corrected chi connectivity index (χ1v) is 8.56. The average Bonchev–Trinajstić information content (AvgIpc) is 3.05. The van der Waals surface area contributed by atoms with Crippen molar-refractivity contribution in [3.8, 4) is 5.75 Å². The molecule has 0 radical (unpaired) electrons. The van der Waals surface area contributed by atoms with E-state index in [4.69, 9.17) is 4.74 Å². The van der Waals surface area contributed by atoms with E-state index >= 15 is 0 Å². The summed E-state index contributed by atoms with van der Waals surface area (Å²) in [6, 6.07) is 7.35. The van der Waals surface area contributed by atoms with Crippen molar-refractivity contribution in [1.82, 2.24) is 19.4 Å². The van der Waals surface area contributed by atoms with E-state index in [2.05, 4.69) is 19.8 Å². The van der Waals surface area contributed by atoms with E-state index in [0.717, 1.165) is 56.5 Å². The Morgan fingerprint density at radius 1 is 1.24 bits per heavy atom. The summed E-state index contributed by atoms with van der Waals surface area (Å²) < 4.78 is 7.34. The SMILES string of the molecule is COc1cccc(NC(=O)N2CCN(CCn3ccnc3C)CC2)c1. The molecule has 0 spiro atoms. The Balaban J connectivity index is 1.45. The zero-order valence-electron chi connectivity index (χ0n) is 14.8. The normalized spacial score (nSPS) is 15.2. The van der Waals surface area contributed by atoms with Crippen molar-refractivity contribution < 1.29 is 9.53 Å². The van der Waals surface area contributed by atoms with Gasteiger partial charge in [0.15, 0.2) is 0 Å². The lowest BCUT2D eigenvalue weighted by Crippen LogP contribution is -2.50. The Kier molecular flexibility index (Phi) is 5.55. The number of nitrogens with one attached hydrogen (secondary N) is 1. The van der Waals surface area contributed by atoms with Gasteiger partial charge in [0.25, 0.3) is 0 Å². The molecule has 0 saturated carbocycles. The van der Waals surface area contributed by atoms with Crippen molar-refractivity contribution in [2.75, 3.05) is 45.2 Å². The zero-order valence-corrected chi connectivity index (χ0v) is 14.8. The van der Waals surface area contributed by atoms with Gasteiger partial charge in [-0.2, -0.15) is 0 Å². The zero-order chi connectivity index (χ0) is 17.6. The van der Waals surface area contributed by atoms with Crippen molar-refractivity contribution in [1.29, 1.82) is 0 Å². The van der Waals surface area contributed by atoms with Crippen LogP contribution in [-0.2, 0) is 6.54 Å². The Hall–Kier alpha value is -2.54. The Bertz CT molecular complexity index is 707. The van der Waals surface area contributed by atoms with Crippen LogP contribution < -0.4 is 10.1 Å². The van der Waals surface area contributed by atoms with Crippen molar-refractivity contribution in [3.63, 3.8) is 0 Å². The van der Waals surface area contributed by atoms with Gasteiger partial charge in [-0.25, -0.2) is 9.78 Å². The van der Waals surface area contributed by atoms with Crippen LogP contribution in [0.1, 0.15) is 5.82 Å². The number of benzene rings is 1. The summed E-state index contributed by atoms with van der Waals surface area (Å²) in [6.07, 6.45) is 3.84. The van der Waals surface area contributed by atoms with Gasteiger partial charge in [-0.15, -0.1) is 0 Å². The van der Waals surface area contributed by atoms with Crippen LogP contribution in [0.5, 0.6) is 5.75 Å². The maximum Gasteiger partial charge on any atom is 0.321 e. The molecule has 134 valence electrons. The molecule has 1 aliphatic heterocycles. The molecular weight excluding hydrogens is 318 g/mol. The minimum absolute atomic E-state index is 0.0571. The number of carbonyl (C=O) groups is 1. The molecule has 1 aromatic carbocycles. The lowest BCUT2D eigenvalue weighted by atomic mass is 10.3. The van der Waals surface area contributed by atoms with Crippen molar-refractivity contribution in [3.05, 3.63) is 42.5 Å². The van der Waals surface area contributed by atoms with Gasteiger partial charge in [-0.3, -0.25) is 4.90 Å². The molecule has 2 aromatic rings. The average molecular weight is 343 g/mol. The number of urea groups is 1. The number of amides is 2. The van der Waals surface area contributed by atoms with E-state index in [1.807, 2.05) is 48.5 Å². The van der Waals surface area contributed by atoms with Gasteiger partial charge in [-0.05, 0) is 19.1 Å². The molecule has 1 N–H and O–H groups in total. The lowest BCUT2D eigenvalue weighted by Gasteiger charge is -2.34. The fraction of sp³-hybridized carbons (Fsp3) is 0.444. The van der Waals surface area contributed by atoms with Gasteiger partial charge in [0, 0.05) is 63.4 Å². The smallest absolute Gasteiger partial charge is 0.321 e. The second-order valence-electron chi connectivity index (χ2n) is 6.16. The van der Waals surface area contributed by atoms with Crippen molar-refractivity contribution >= 4 is 11.7 Å². The van der Waals surface area contributed by atoms with Gasteiger partial charge in [-0.1, -0.05) is 6.07 Å². The summed E-state index contributed by atoms with van der Waals surface area (Å²) in [6.45, 7) is 7.17. The first-order valence-electron chi connectivity index (χ1n) is 8.56. The molecule has 2 amide bonds. The highest BCUT2D eigenvalue weighted by Gasteiger charge is 2.21. The van der Waals surface area contributed by atoms with E-state index in [9.17, 15) is 4.79 Å². The maximum atomic E-state index is 12.4. The van der Waals surface area contributed by atoms with E-state index in [1.165, 1.54) is 0 Å². The number of aryl methyl sites for hydroxylation is 1. The molecule has 2 heterocycles. The maximum absolute atomic E-state index is 12.4. The van der Waals surface area contributed by atoms with Crippen LogP contribution in [0.15, 0.2) is 36.7 Å². The van der Waals surface area contributed by atoms with Crippen molar-refractivity contribution in [2.24, 2.45) is 0 Å². The number of anilines is 1. The van der Waals surface area contributed by atoms with Crippen molar-refractivity contribution in [2.45, 2.75) is 13.5 Å². The lowest BCUT2D eigenvalue weighted by molar-refractivity contribution is 0.144. The molecule has 7 heteroatoms. The Labute approximate surface area is 148 Å². The summed E-state index contributed by atoms with van der Waals surface area (Å²) in [5, 5.41) is 2.94. The number of aromatic nitrogens is 2. The summed E-state index contributed by atoms with van der Waals surface area (Å²) in [5.41, 5.74) is 0.752. The molecule has 1 fully saturated rings. The standard InChI is InChI=1S/C18H25N5O2/c1-15-19-6-7-22(15)11-8-21-9-12-23(13-10-21)18(24)20-16-4-3-5-17(14-16)25-2/h3-7,14H,8-13H2,1-2H3,(H,20,24). The molecule has 1 aliphatic rings. The van der Waals surface area contributed by atoms with Crippen LogP contribution in [0, 0.1) is 6.92 Å². The minimum atomic E-state index is -0.0571. The fourth-order valence-corrected chi connectivity index (χ4v) is 2.97. The number of nitrogens with zero attached hydrogens (tertiary/aromatic N) is 4. The van der Waals surface area contributed by atoms with Gasteiger partial charge >= 0.3 is 6.03 Å². The van der Waals surface area contributed by atoms with Gasteiger partial charge < -0.3 is 19.5 Å². The van der Waals surface area contributed by atoms with Gasteiger partial charge in [0.2, 0.25) is 0 Å². The van der Waals surface area contributed by atoms with Crippen LogP contribution in [0.2, 0.25) is 0 Å². The van der Waals surface area contributed by atoms with E-state index < -0.39 is 0 Å². The van der Waals surface area contributed by atoms with Crippen LogP contribution in [0.25, 0.3) is 0 Å². The highest BCUT2D eigenvalue weighted by atomic mass is 16.5. The third kappa shape index (κ3) is 4.51. The predicted octanol–water partition coefficient (Wildman–Crippen LogP) is 2.05. The molecule has 0 atom stereocenters. The van der Waals surface area contributed by atoms with E-state index in [0.29, 0.717) is 0 Å². The molecule has 7 nitrogen and oxygen atoms in total. The monoisotopic (exact) mass is 343 g/mol. The molecular formula is C18H25N5O2. The molecule has 1 saturated heterocycles. The van der Waals surface area contributed by atoms with Gasteiger partial charge in [0.05, 0.1) is 7.11 Å². The largest absolute Gasteiger partial charge is 0.497 e. The first-order chi connectivity index (χ1) is 12.2. The number of carbonyl (C=O) groups excluding carboxylic acids is 1. The van der Waals surface area contributed by atoms with E-state index in [-0.39, 0.29) is 6.03 Å². The summed E-state index contributed by atoms with van der Waals surface area (Å²) in [7, 11) is 1.62. The molecule has 3 rings (SSSR count). The number of methoxy groups -OCH3 is 1. The second kappa shape index (κ2) is 8.02. The third-order valence-electron chi connectivity index (χ3n) is 4.56. The first kappa shape index (κ1) is 17.3. The minimum Gasteiger partial charge on any atom is -0.497 e. The molecule has 0 aliphatic carbocycles. The number of piperazine rings is 1. The number of hydrogen-bond donors (Lipinski definition) is 1. The predicted molar refractivity (Wildman–Crippen MR) is 97.0 cm³/mol. The Morgan fingerprint density at radius 3 is 2.72 bits per heavy atom. The van der Waals surface area contributed by atoms with Crippen LogP contribution in [0.3, 0.4) is 0 Å². The topological polar surface area (TPSA) is 62.6 Å². The van der Waals surface area contributed by atoms with Gasteiger partial charge in [0.1, 0.15) is 11.6 Å². The number of imidazole rings is 1. The number of ether oxygens (including phenoxy) is 1. The molecule has 0 unspecified atom stereocenters. The Morgan fingerprint density at radius 2 is 2.04 bits per heavy atom. The molecule has 25 heavy (non-hydrogen) atoms. The van der Waals surface area contributed by atoms with Crippen LogP contribution in [0.4, 0.5) is 10.5 Å². The van der Waals surface area contributed by atoms with Crippen LogP contribution >= 0.6 is 0 Å². The molecule has 1 aromatic heterocycles. The summed E-state index contributed by atoms with van der Waals surface area (Å²) in [5.74, 6) is 1.77.